The van der Waals surface area contributed by atoms with Crippen LogP contribution in [0.5, 0.6) is 0 Å². The first-order valence-corrected chi connectivity index (χ1v) is 7.22. The normalized spacial score (nSPS) is 22.7. The number of carbonyl (C=O) groups excluding carboxylic acids is 1. The first kappa shape index (κ1) is 16.0. The molecule has 0 radical (unpaired) electrons. The zero-order valence-corrected chi connectivity index (χ0v) is 12.2. The molecule has 0 aromatic heterocycles. The zero-order chi connectivity index (χ0) is 14.3. The predicted octanol–water partition coefficient (Wildman–Crippen LogP) is 2.47. The van der Waals surface area contributed by atoms with Gasteiger partial charge in [-0.2, -0.15) is 0 Å². The smallest absolute Gasteiger partial charge is 0.249 e. The Labute approximate surface area is 115 Å². The molecule has 1 aliphatic rings. The number of amides is 1. The van der Waals surface area contributed by atoms with E-state index in [2.05, 4.69) is 17.4 Å². The average molecular weight is 270 g/mol. The first-order chi connectivity index (χ1) is 9.06. The van der Waals surface area contributed by atoms with E-state index in [0.29, 0.717) is 0 Å². The van der Waals surface area contributed by atoms with Crippen molar-refractivity contribution in [2.24, 2.45) is 5.16 Å². The summed E-state index contributed by atoms with van der Waals surface area (Å²) in [6, 6.07) is 0.197. The van der Waals surface area contributed by atoms with Crippen LogP contribution in [0, 0.1) is 0 Å². The lowest BCUT2D eigenvalue weighted by molar-refractivity contribution is -0.136. The van der Waals surface area contributed by atoms with Crippen LogP contribution in [-0.4, -0.2) is 35.1 Å². The minimum atomic E-state index is -0.420. The summed E-state index contributed by atoms with van der Waals surface area (Å²) >= 11 is 0. The molecular formula is C14H26N2O3. The number of nitrogens with one attached hydrogen (secondary N) is 1. The third kappa shape index (κ3) is 5.59. The van der Waals surface area contributed by atoms with Gasteiger partial charge in [0.25, 0.3) is 0 Å². The van der Waals surface area contributed by atoms with E-state index < -0.39 is 6.10 Å². The van der Waals surface area contributed by atoms with Crippen LogP contribution in [-0.2, 0) is 9.53 Å². The third-order valence-electron chi connectivity index (χ3n) is 3.53. The Kier molecular flexibility index (Phi) is 6.84. The lowest BCUT2D eigenvalue weighted by Gasteiger charge is -2.26. The van der Waals surface area contributed by atoms with Gasteiger partial charge < -0.3 is 15.3 Å². The second kappa shape index (κ2) is 8.15. The second-order valence-electron chi connectivity index (χ2n) is 5.34. The summed E-state index contributed by atoms with van der Waals surface area (Å²) in [7, 11) is 0. The summed E-state index contributed by atoms with van der Waals surface area (Å²) < 4.78 is 5.78. The maximum absolute atomic E-state index is 11.9. The van der Waals surface area contributed by atoms with Gasteiger partial charge in [0, 0.05) is 6.04 Å². The molecule has 0 spiro atoms. The summed E-state index contributed by atoms with van der Waals surface area (Å²) in [5.41, 5.74) is 0.827. The van der Waals surface area contributed by atoms with Gasteiger partial charge in [0.2, 0.25) is 5.91 Å². The molecule has 2 unspecified atom stereocenters. The monoisotopic (exact) mass is 270 g/mol. The van der Waals surface area contributed by atoms with Crippen LogP contribution in [0.4, 0.5) is 0 Å². The van der Waals surface area contributed by atoms with Crippen LogP contribution in [0.15, 0.2) is 5.16 Å². The summed E-state index contributed by atoms with van der Waals surface area (Å²) in [6.07, 6.45) is 4.86. The summed E-state index contributed by atoms with van der Waals surface area (Å²) in [4.78, 5) is 11.9. The van der Waals surface area contributed by atoms with Crippen molar-refractivity contribution in [3.8, 4) is 0 Å². The van der Waals surface area contributed by atoms with Crippen LogP contribution < -0.4 is 5.32 Å². The van der Waals surface area contributed by atoms with Gasteiger partial charge in [-0.15, -0.1) is 0 Å². The molecule has 0 heterocycles. The standard InChI is InChI=1S/C14H26N2O3/c1-4-5-10(2)15-14(17)11(3)19-13-8-6-12(16-18)7-9-13/h10-11,13,18H,4-9H2,1-3H3,(H,15,17). The third-order valence-corrected chi connectivity index (χ3v) is 3.53. The molecule has 2 atom stereocenters. The van der Waals surface area contributed by atoms with Crippen LogP contribution in [0.3, 0.4) is 0 Å². The van der Waals surface area contributed by atoms with Gasteiger partial charge in [0.15, 0.2) is 0 Å². The fourth-order valence-corrected chi connectivity index (χ4v) is 2.38. The minimum absolute atomic E-state index is 0.0393. The largest absolute Gasteiger partial charge is 0.411 e. The summed E-state index contributed by atoms with van der Waals surface area (Å²) in [5, 5.41) is 14.9. The van der Waals surface area contributed by atoms with Gasteiger partial charge >= 0.3 is 0 Å². The summed E-state index contributed by atoms with van der Waals surface area (Å²) in [5.74, 6) is -0.0393. The Morgan fingerprint density at radius 3 is 2.63 bits per heavy atom. The van der Waals surface area contributed by atoms with E-state index in [1.807, 2.05) is 6.92 Å². The quantitative estimate of drug-likeness (QED) is 0.575. The highest BCUT2D eigenvalue weighted by Crippen LogP contribution is 2.20. The van der Waals surface area contributed by atoms with Gasteiger partial charge in [-0.25, -0.2) is 0 Å². The number of nitrogens with zero attached hydrogens (tertiary/aromatic N) is 1. The zero-order valence-electron chi connectivity index (χ0n) is 12.2. The molecule has 110 valence electrons. The molecule has 1 rings (SSSR count). The Balaban J connectivity index is 2.30. The van der Waals surface area contributed by atoms with Crippen molar-refractivity contribution in [2.45, 2.75) is 77.5 Å². The van der Waals surface area contributed by atoms with E-state index in [1.54, 1.807) is 6.92 Å². The Hall–Kier alpha value is -1.10. The molecule has 1 amide bonds. The molecule has 19 heavy (non-hydrogen) atoms. The van der Waals surface area contributed by atoms with Crippen molar-refractivity contribution in [1.29, 1.82) is 0 Å². The van der Waals surface area contributed by atoms with Crippen LogP contribution in [0.2, 0.25) is 0 Å². The van der Waals surface area contributed by atoms with Crippen molar-refractivity contribution < 1.29 is 14.7 Å². The molecule has 2 N–H and O–H groups in total. The molecule has 0 aliphatic heterocycles. The van der Waals surface area contributed by atoms with Crippen LogP contribution >= 0.6 is 0 Å². The molecule has 0 saturated heterocycles. The van der Waals surface area contributed by atoms with E-state index >= 15 is 0 Å². The van der Waals surface area contributed by atoms with Gasteiger partial charge in [-0.3, -0.25) is 4.79 Å². The van der Waals surface area contributed by atoms with Crippen molar-refractivity contribution in [1.82, 2.24) is 5.32 Å². The van der Waals surface area contributed by atoms with E-state index in [9.17, 15) is 4.79 Å². The average Bonchev–Trinajstić information content (AvgIpc) is 2.39. The van der Waals surface area contributed by atoms with E-state index in [0.717, 1.165) is 44.2 Å². The number of hydrogen-bond acceptors (Lipinski definition) is 4. The lowest BCUT2D eigenvalue weighted by atomic mass is 9.95. The predicted molar refractivity (Wildman–Crippen MR) is 74.5 cm³/mol. The van der Waals surface area contributed by atoms with Gasteiger partial charge in [-0.05, 0) is 46.0 Å². The molecule has 0 aromatic rings. The topological polar surface area (TPSA) is 70.9 Å². The fraction of sp³-hybridized carbons (Fsp3) is 0.857. The lowest BCUT2D eigenvalue weighted by Crippen LogP contribution is -2.41. The van der Waals surface area contributed by atoms with Crippen LogP contribution in [0.1, 0.15) is 59.3 Å². The highest BCUT2D eigenvalue weighted by atomic mass is 16.5. The van der Waals surface area contributed by atoms with Crippen molar-refractivity contribution in [2.75, 3.05) is 0 Å². The molecule has 5 nitrogen and oxygen atoms in total. The maximum atomic E-state index is 11.9. The van der Waals surface area contributed by atoms with Crippen LogP contribution in [0.25, 0.3) is 0 Å². The van der Waals surface area contributed by atoms with Crippen molar-refractivity contribution in [3.63, 3.8) is 0 Å². The summed E-state index contributed by atoms with van der Waals surface area (Å²) in [6.45, 7) is 5.91. The van der Waals surface area contributed by atoms with E-state index in [4.69, 9.17) is 9.94 Å². The molecule has 0 aromatic carbocycles. The molecule has 1 saturated carbocycles. The number of rotatable bonds is 6. The molecule has 1 aliphatic carbocycles. The SMILES string of the molecule is CCCC(C)NC(=O)C(C)OC1CCC(=NO)CC1. The molecule has 5 heteroatoms. The maximum Gasteiger partial charge on any atom is 0.249 e. The van der Waals surface area contributed by atoms with Crippen molar-refractivity contribution >= 4 is 11.6 Å². The van der Waals surface area contributed by atoms with E-state index in [-0.39, 0.29) is 18.1 Å². The molecule has 0 bridgehead atoms. The minimum Gasteiger partial charge on any atom is -0.411 e. The first-order valence-electron chi connectivity index (χ1n) is 7.22. The highest BCUT2D eigenvalue weighted by molar-refractivity contribution is 5.84. The number of carbonyl (C=O) groups is 1. The van der Waals surface area contributed by atoms with Gasteiger partial charge in [0.1, 0.15) is 6.10 Å². The van der Waals surface area contributed by atoms with Crippen molar-refractivity contribution in [3.05, 3.63) is 0 Å². The fourth-order valence-electron chi connectivity index (χ4n) is 2.38. The number of hydrogen-bond donors (Lipinski definition) is 2. The number of ether oxygens (including phenoxy) is 1. The van der Waals surface area contributed by atoms with Gasteiger partial charge in [-0.1, -0.05) is 18.5 Å². The number of oxime groups is 1. The highest BCUT2D eigenvalue weighted by Gasteiger charge is 2.23. The van der Waals surface area contributed by atoms with E-state index in [1.165, 1.54) is 0 Å². The molecule has 1 fully saturated rings. The molecular weight excluding hydrogens is 244 g/mol. The Morgan fingerprint density at radius 1 is 1.47 bits per heavy atom. The Bertz CT molecular complexity index is 308. The second-order valence-corrected chi connectivity index (χ2v) is 5.34. The van der Waals surface area contributed by atoms with Gasteiger partial charge in [0.05, 0.1) is 11.8 Å². The Morgan fingerprint density at radius 2 is 2.11 bits per heavy atom.